The van der Waals surface area contributed by atoms with Crippen LogP contribution in [0.25, 0.3) is 0 Å². The molecule has 1 aromatic heterocycles. The summed E-state index contributed by atoms with van der Waals surface area (Å²) in [5.74, 6) is 0.682. The van der Waals surface area contributed by atoms with Crippen LogP contribution in [-0.2, 0) is 6.54 Å². The first-order valence-corrected chi connectivity index (χ1v) is 8.19. The van der Waals surface area contributed by atoms with Gasteiger partial charge in [0, 0.05) is 6.54 Å². The van der Waals surface area contributed by atoms with Crippen molar-refractivity contribution in [1.29, 1.82) is 0 Å². The second kappa shape index (κ2) is 5.96. The van der Waals surface area contributed by atoms with Gasteiger partial charge in [0.15, 0.2) is 0 Å². The Kier molecular flexibility index (Phi) is 4.72. The highest BCUT2D eigenvalue weighted by Gasteiger charge is 2.41. The summed E-state index contributed by atoms with van der Waals surface area (Å²) in [4.78, 5) is 0. The Morgan fingerprint density at radius 2 is 2.32 bits per heavy atom. The molecule has 4 heteroatoms. The highest BCUT2D eigenvalue weighted by molar-refractivity contribution is 9.10. The summed E-state index contributed by atoms with van der Waals surface area (Å²) in [6.45, 7) is 8.01. The summed E-state index contributed by atoms with van der Waals surface area (Å²) >= 11 is 3.69. The first-order chi connectivity index (χ1) is 9.01. The van der Waals surface area contributed by atoms with Gasteiger partial charge >= 0.3 is 0 Å². The molecule has 1 aromatic rings. The monoisotopic (exact) mass is 327 g/mol. The van der Waals surface area contributed by atoms with Crippen LogP contribution in [0.4, 0.5) is 0 Å². The number of halogens is 1. The van der Waals surface area contributed by atoms with Crippen LogP contribution in [0.3, 0.4) is 0 Å². The van der Waals surface area contributed by atoms with Gasteiger partial charge < -0.3 is 5.32 Å². The van der Waals surface area contributed by atoms with Crippen LogP contribution >= 0.6 is 15.9 Å². The zero-order valence-corrected chi connectivity index (χ0v) is 14.1. The van der Waals surface area contributed by atoms with Crippen molar-refractivity contribution in [2.24, 2.45) is 11.3 Å². The van der Waals surface area contributed by atoms with E-state index in [4.69, 9.17) is 0 Å². The van der Waals surface area contributed by atoms with Crippen molar-refractivity contribution in [1.82, 2.24) is 15.1 Å². The minimum absolute atomic E-state index is 0.390. The van der Waals surface area contributed by atoms with Crippen molar-refractivity contribution < 1.29 is 0 Å². The second-order valence-corrected chi connectivity index (χ2v) is 7.21. The smallest absolute Gasteiger partial charge is 0.0698 e. The lowest BCUT2D eigenvalue weighted by molar-refractivity contribution is 0.196. The molecule has 1 N–H and O–H groups in total. The van der Waals surface area contributed by atoms with Gasteiger partial charge in [-0.05, 0) is 53.6 Å². The molecule has 1 aliphatic rings. The molecular weight excluding hydrogens is 302 g/mol. The SMILES string of the molecule is CCCn1ncc(Br)c1C(NC)C1CCCC1(C)C. The molecule has 3 nitrogen and oxygen atoms in total. The molecule has 2 atom stereocenters. The molecule has 0 saturated heterocycles. The van der Waals surface area contributed by atoms with Crippen LogP contribution in [0.5, 0.6) is 0 Å². The molecule has 1 saturated carbocycles. The van der Waals surface area contributed by atoms with Crippen molar-refractivity contribution >= 4 is 15.9 Å². The molecule has 19 heavy (non-hydrogen) atoms. The maximum Gasteiger partial charge on any atom is 0.0698 e. The lowest BCUT2D eigenvalue weighted by Crippen LogP contribution is -2.33. The van der Waals surface area contributed by atoms with E-state index in [9.17, 15) is 0 Å². The third-order valence-corrected chi connectivity index (χ3v) is 5.23. The molecule has 1 aliphatic carbocycles. The number of aromatic nitrogens is 2. The summed E-state index contributed by atoms with van der Waals surface area (Å²) in [6.07, 6.45) is 7.04. The summed E-state index contributed by atoms with van der Waals surface area (Å²) in [5.41, 5.74) is 1.73. The zero-order chi connectivity index (χ0) is 14.0. The molecule has 0 aromatic carbocycles. The van der Waals surface area contributed by atoms with Gasteiger partial charge in [-0.15, -0.1) is 0 Å². The predicted octanol–water partition coefficient (Wildman–Crippen LogP) is 4.14. The minimum Gasteiger partial charge on any atom is -0.311 e. The normalized spacial score (nSPS) is 23.7. The van der Waals surface area contributed by atoms with Gasteiger partial charge in [0.25, 0.3) is 0 Å². The van der Waals surface area contributed by atoms with E-state index in [1.165, 1.54) is 25.0 Å². The van der Waals surface area contributed by atoms with E-state index < -0.39 is 0 Å². The van der Waals surface area contributed by atoms with E-state index in [0.29, 0.717) is 17.4 Å². The van der Waals surface area contributed by atoms with E-state index in [0.717, 1.165) is 17.4 Å². The Morgan fingerprint density at radius 3 is 2.84 bits per heavy atom. The van der Waals surface area contributed by atoms with Crippen LogP contribution in [0.15, 0.2) is 10.7 Å². The van der Waals surface area contributed by atoms with Gasteiger partial charge in [-0.1, -0.05) is 27.2 Å². The lowest BCUT2D eigenvalue weighted by Gasteiger charge is -2.34. The molecule has 108 valence electrons. The van der Waals surface area contributed by atoms with Crippen molar-refractivity contribution in [3.8, 4) is 0 Å². The van der Waals surface area contributed by atoms with Crippen molar-refractivity contribution in [3.63, 3.8) is 0 Å². The van der Waals surface area contributed by atoms with E-state index in [1.54, 1.807) is 0 Å². The zero-order valence-electron chi connectivity index (χ0n) is 12.5. The van der Waals surface area contributed by atoms with Gasteiger partial charge in [-0.25, -0.2) is 0 Å². The molecule has 0 aliphatic heterocycles. The Hall–Kier alpha value is -0.350. The average Bonchev–Trinajstić information content (AvgIpc) is 2.87. The highest BCUT2D eigenvalue weighted by Crippen LogP contribution is 2.49. The van der Waals surface area contributed by atoms with E-state index >= 15 is 0 Å². The lowest BCUT2D eigenvalue weighted by atomic mass is 9.76. The fourth-order valence-electron chi connectivity index (χ4n) is 3.57. The standard InChI is InChI=1S/C15H26BrN3/c1-5-9-19-14(12(16)10-18-19)13(17-4)11-7-6-8-15(11,2)3/h10-11,13,17H,5-9H2,1-4H3. The number of aryl methyl sites for hydroxylation is 1. The molecule has 2 unspecified atom stereocenters. The molecule has 0 amide bonds. The van der Waals surface area contributed by atoms with Gasteiger partial charge in [0.1, 0.15) is 0 Å². The molecule has 0 bridgehead atoms. The molecule has 0 radical (unpaired) electrons. The minimum atomic E-state index is 0.390. The number of hydrogen-bond acceptors (Lipinski definition) is 2. The fraction of sp³-hybridized carbons (Fsp3) is 0.800. The van der Waals surface area contributed by atoms with Gasteiger partial charge in [-0.3, -0.25) is 4.68 Å². The Labute approximate surface area is 125 Å². The quantitative estimate of drug-likeness (QED) is 0.880. The molecule has 1 fully saturated rings. The van der Waals surface area contributed by atoms with Gasteiger partial charge in [0.05, 0.1) is 22.4 Å². The maximum absolute atomic E-state index is 4.52. The van der Waals surface area contributed by atoms with Crippen LogP contribution in [0.2, 0.25) is 0 Å². The van der Waals surface area contributed by atoms with Crippen molar-refractivity contribution in [3.05, 3.63) is 16.4 Å². The van der Waals surface area contributed by atoms with Gasteiger partial charge in [0.2, 0.25) is 0 Å². The van der Waals surface area contributed by atoms with E-state index in [-0.39, 0.29) is 0 Å². The number of nitrogens with zero attached hydrogens (tertiary/aromatic N) is 2. The van der Waals surface area contributed by atoms with E-state index in [1.807, 2.05) is 6.20 Å². The topological polar surface area (TPSA) is 29.9 Å². The van der Waals surface area contributed by atoms with Gasteiger partial charge in [-0.2, -0.15) is 5.10 Å². The fourth-order valence-corrected chi connectivity index (χ4v) is 4.11. The first kappa shape index (κ1) is 15.0. The largest absolute Gasteiger partial charge is 0.311 e. The molecular formula is C15H26BrN3. The Bertz CT molecular complexity index is 425. The number of nitrogens with one attached hydrogen (secondary N) is 1. The third kappa shape index (κ3) is 2.89. The van der Waals surface area contributed by atoms with Crippen molar-refractivity contribution in [2.75, 3.05) is 7.05 Å². The number of rotatable bonds is 5. The number of hydrogen-bond donors (Lipinski definition) is 1. The summed E-state index contributed by atoms with van der Waals surface area (Å²) in [6, 6.07) is 0.390. The maximum atomic E-state index is 4.52. The molecule has 2 rings (SSSR count). The average molecular weight is 328 g/mol. The van der Waals surface area contributed by atoms with Crippen LogP contribution < -0.4 is 5.32 Å². The predicted molar refractivity (Wildman–Crippen MR) is 83.1 cm³/mol. The summed E-state index contributed by atoms with van der Waals surface area (Å²) < 4.78 is 3.31. The second-order valence-electron chi connectivity index (χ2n) is 6.35. The summed E-state index contributed by atoms with van der Waals surface area (Å²) in [7, 11) is 2.08. The Balaban J connectivity index is 2.34. The van der Waals surface area contributed by atoms with E-state index in [2.05, 4.69) is 58.8 Å². The van der Waals surface area contributed by atoms with Crippen LogP contribution in [0, 0.1) is 11.3 Å². The highest BCUT2D eigenvalue weighted by atomic mass is 79.9. The van der Waals surface area contributed by atoms with Crippen molar-refractivity contribution in [2.45, 2.75) is 59.0 Å². The Morgan fingerprint density at radius 1 is 1.58 bits per heavy atom. The van der Waals surface area contributed by atoms with Crippen LogP contribution in [-0.4, -0.2) is 16.8 Å². The summed E-state index contributed by atoms with van der Waals surface area (Å²) in [5, 5.41) is 8.07. The molecule has 1 heterocycles. The molecule has 0 spiro atoms. The first-order valence-electron chi connectivity index (χ1n) is 7.39. The van der Waals surface area contributed by atoms with Crippen LogP contribution in [0.1, 0.15) is 58.2 Å². The third-order valence-electron chi connectivity index (χ3n) is 4.62.